The van der Waals surface area contributed by atoms with E-state index in [1.165, 1.54) is 0 Å². The highest BCUT2D eigenvalue weighted by molar-refractivity contribution is 6.27. The van der Waals surface area contributed by atoms with Crippen LogP contribution >= 0.6 is 11.6 Å². The summed E-state index contributed by atoms with van der Waals surface area (Å²) in [6, 6.07) is 5.23. The molecule has 0 aromatic carbocycles. The molecule has 5 nitrogen and oxygen atoms in total. The molecule has 0 fully saturated rings. The molecule has 16 heavy (non-hydrogen) atoms. The molecule has 1 aromatic heterocycles. The van der Waals surface area contributed by atoms with E-state index in [0.29, 0.717) is 5.82 Å². The lowest BCUT2D eigenvalue weighted by atomic mass is 10.4. The lowest BCUT2D eigenvalue weighted by Gasteiger charge is -2.04. The van der Waals surface area contributed by atoms with Crippen molar-refractivity contribution in [2.45, 2.75) is 6.42 Å². The summed E-state index contributed by atoms with van der Waals surface area (Å²) < 4.78 is 0. The molecule has 0 aliphatic heterocycles. The highest BCUT2D eigenvalue weighted by Crippen LogP contribution is 1.99. The third-order valence-corrected chi connectivity index (χ3v) is 1.97. The van der Waals surface area contributed by atoms with Crippen molar-refractivity contribution in [3.8, 4) is 0 Å². The lowest BCUT2D eigenvalue weighted by molar-refractivity contribution is -0.119. The number of hydrogen-bond donors (Lipinski definition) is 2. The van der Waals surface area contributed by atoms with Gasteiger partial charge in [0.1, 0.15) is 11.7 Å². The molecular weight excluding hydrogens is 230 g/mol. The van der Waals surface area contributed by atoms with Gasteiger partial charge in [-0.2, -0.15) is 0 Å². The van der Waals surface area contributed by atoms with Crippen LogP contribution in [0.25, 0.3) is 0 Å². The maximum absolute atomic E-state index is 11.3. The molecule has 1 heterocycles. The van der Waals surface area contributed by atoms with E-state index in [1.807, 2.05) is 0 Å². The van der Waals surface area contributed by atoms with Crippen molar-refractivity contribution in [2.75, 3.05) is 17.7 Å². The van der Waals surface area contributed by atoms with Crippen LogP contribution in [-0.2, 0) is 9.59 Å². The first kappa shape index (κ1) is 12.4. The number of carbonyl (C=O) groups excluding carboxylic acids is 2. The van der Waals surface area contributed by atoms with Gasteiger partial charge in [-0.25, -0.2) is 4.98 Å². The monoisotopic (exact) mass is 241 g/mol. The first-order valence-electron chi connectivity index (χ1n) is 4.76. The van der Waals surface area contributed by atoms with Crippen LogP contribution in [0.5, 0.6) is 0 Å². The summed E-state index contributed by atoms with van der Waals surface area (Å²) in [6.07, 6.45) is 1.78. The molecule has 0 atom stereocenters. The second-order valence-electron chi connectivity index (χ2n) is 3.00. The largest absolute Gasteiger partial charge is 0.355 e. The number of alkyl halides is 1. The minimum atomic E-state index is -0.285. The molecule has 0 radical (unpaired) electrons. The first-order chi connectivity index (χ1) is 7.72. The predicted molar refractivity (Wildman–Crippen MR) is 61.2 cm³/mol. The maximum Gasteiger partial charge on any atom is 0.234 e. The van der Waals surface area contributed by atoms with Crippen LogP contribution in [0, 0.1) is 0 Å². The molecule has 2 amide bonds. The number of anilines is 1. The van der Waals surface area contributed by atoms with Gasteiger partial charge in [-0.1, -0.05) is 6.07 Å². The Morgan fingerprint density at radius 3 is 2.75 bits per heavy atom. The third-order valence-electron chi connectivity index (χ3n) is 1.73. The molecule has 6 heteroatoms. The number of amides is 2. The van der Waals surface area contributed by atoms with Crippen LogP contribution in [-0.4, -0.2) is 29.2 Å². The summed E-state index contributed by atoms with van der Waals surface area (Å²) in [4.78, 5) is 26.0. The van der Waals surface area contributed by atoms with Gasteiger partial charge in [-0.05, 0) is 12.1 Å². The topological polar surface area (TPSA) is 71.1 Å². The molecule has 0 spiro atoms. The Morgan fingerprint density at radius 1 is 1.31 bits per heavy atom. The average molecular weight is 242 g/mol. The van der Waals surface area contributed by atoms with Crippen LogP contribution in [0.1, 0.15) is 6.42 Å². The Hall–Kier alpha value is -1.62. The van der Waals surface area contributed by atoms with Crippen molar-refractivity contribution in [1.82, 2.24) is 10.3 Å². The number of halogens is 1. The van der Waals surface area contributed by atoms with Gasteiger partial charge in [0.15, 0.2) is 0 Å². The smallest absolute Gasteiger partial charge is 0.234 e. The Labute approximate surface area is 98.2 Å². The fourth-order valence-electron chi connectivity index (χ4n) is 1.00. The van der Waals surface area contributed by atoms with Crippen molar-refractivity contribution in [3.63, 3.8) is 0 Å². The fraction of sp³-hybridized carbons (Fsp3) is 0.300. The van der Waals surface area contributed by atoms with Crippen molar-refractivity contribution < 1.29 is 9.59 Å². The SMILES string of the molecule is O=C(CCl)NCCC(=O)Nc1ccccn1. The van der Waals surface area contributed by atoms with Crippen LogP contribution in [0.3, 0.4) is 0 Å². The molecule has 0 unspecified atom stereocenters. The zero-order chi connectivity index (χ0) is 11.8. The van der Waals surface area contributed by atoms with Gasteiger partial charge in [0.25, 0.3) is 0 Å². The van der Waals surface area contributed by atoms with Crippen molar-refractivity contribution >= 4 is 29.2 Å². The Balaban J connectivity index is 2.24. The predicted octanol–water partition coefficient (Wildman–Crippen LogP) is 0.765. The van der Waals surface area contributed by atoms with Crippen LogP contribution in [0.15, 0.2) is 24.4 Å². The number of pyridine rings is 1. The van der Waals surface area contributed by atoms with Gasteiger partial charge in [-0.15, -0.1) is 11.6 Å². The highest BCUT2D eigenvalue weighted by atomic mass is 35.5. The molecule has 0 aliphatic carbocycles. The van der Waals surface area contributed by atoms with E-state index in [9.17, 15) is 9.59 Å². The summed E-state index contributed by atoms with van der Waals surface area (Å²) in [6.45, 7) is 0.268. The van der Waals surface area contributed by atoms with E-state index in [-0.39, 0.29) is 30.7 Å². The fourth-order valence-corrected chi connectivity index (χ4v) is 1.10. The quantitative estimate of drug-likeness (QED) is 0.748. The van der Waals surface area contributed by atoms with E-state index >= 15 is 0 Å². The Kier molecular flexibility index (Phi) is 5.28. The van der Waals surface area contributed by atoms with E-state index < -0.39 is 0 Å². The second-order valence-corrected chi connectivity index (χ2v) is 3.26. The number of aromatic nitrogens is 1. The first-order valence-corrected chi connectivity index (χ1v) is 5.29. The zero-order valence-electron chi connectivity index (χ0n) is 8.57. The maximum atomic E-state index is 11.3. The molecule has 86 valence electrons. The zero-order valence-corrected chi connectivity index (χ0v) is 9.33. The Morgan fingerprint density at radius 2 is 2.12 bits per heavy atom. The number of nitrogens with zero attached hydrogens (tertiary/aromatic N) is 1. The minimum Gasteiger partial charge on any atom is -0.355 e. The van der Waals surface area contributed by atoms with Crippen LogP contribution in [0.4, 0.5) is 5.82 Å². The molecule has 0 saturated heterocycles. The number of nitrogens with one attached hydrogen (secondary N) is 2. The van der Waals surface area contributed by atoms with Gasteiger partial charge in [0.05, 0.1) is 0 Å². The summed E-state index contributed by atoms with van der Waals surface area (Å²) in [5.74, 6) is -0.0842. The molecule has 0 saturated carbocycles. The third kappa shape index (κ3) is 4.75. The molecular formula is C10H12ClN3O2. The van der Waals surface area contributed by atoms with Gasteiger partial charge in [0.2, 0.25) is 11.8 Å². The standard InChI is InChI=1S/C10H12ClN3O2/c11-7-10(16)13-6-4-9(15)14-8-3-1-2-5-12-8/h1-3,5H,4,6-7H2,(H,13,16)(H,12,14,15). The highest BCUT2D eigenvalue weighted by Gasteiger charge is 2.03. The lowest BCUT2D eigenvalue weighted by Crippen LogP contribution is -2.28. The van der Waals surface area contributed by atoms with Gasteiger partial charge in [0, 0.05) is 19.2 Å². The molecule has 2 N–H and O–H groups in total. The summed E-state index contributed by atoms with van der Waals surface area (Å²) in [5.41, 5.74) is 0. The second kappa shape index (κ2) is 6.79. The van der Waals surface area contributed by atoms with E-state index in [4.69, 9.17) is 11.6 Å². The molecule has 0 bridgehead atoms. The average Bonchev–Trinajstić information content (AvgIpc) is 2.30. The van der Waals surface area contributed by atoms with Crippen molar-refractivity contribution in [2.24, 2.45) is 0 Å². The van der Waals surface area contributed by atoms with Gasteiger partial charge >= 0.3 is 0 Å². The number of rotatable bonds is 5. The van der Waals surface area contributed by atoms with Crippen LogP contribution < -0.4 is 10.6 Å². The summed E-state index contributed by atoms with van der Waals surface area (Å²) in [7, 11) is 0. The van der Waals surface area contributed by atoms with Crippen molar-refractivity contribution in [3.05, 3.63) is 24.4 Å². The summed E-state index contributed by atoms with van der Waals surface area (Å²) in [5, 5.41) is 5.10. The van der Waals surface area contributed by atoms with E-state index in [2.05, 4.69) is 15.6 Å². The molecule has 1 aromatic rings. The van der Waals surface area contributed by atoms with E-state index in [0.717, 1.165) is 0 Å². The van der Waals surface area contributed by atoms with Crippen molar-refractivity contribution in [1.29, 1.82) is 0 Å². The molecule has 0 aliphatic rings. The minimum absolute atomic E-state index is 0.0954. The number of hydrogen-bond acceptors (Lipinski definition) is 3. The summed E-state index contributed by atoms with van der Waals surface area (Å²) >= 11 is 5.27. The Bertz CT molecular complexity index is 356. The van der Waals surface area contributed by atoms with Crippen LogP contribution in [0.2, 0.25) is 0 Å². The normalized spacial score (nSPS) is 9.56. The van der Waals surface area contributed by atoms with E-state index in [1.54, 1.807) is 24.4 Å². The van der Waals surface area contributed by atoms with Gasteiger partial charge in [-0.3, -0.25) is 9.59 Å². The molecule has 1 rings (SSSR count). The number of carbonyl (C=O) groups is 2. The van der Waals surface area contributed by atoms with Gasteiger partial charge < -0.3 is 10.6 Å².